The molecule has 0 saturated carbocycles. The van der Waals surface area contributed by atoms with E-state index in [0.717, 1.165) is 11.4 Å². The summed E-state index contributed by atoms with van der Waals surface area (Å²) >= 11 is 0. The van der Waals surface area contributed by atoms with E-state index < -0.39 is 0 Å². The molecule has 0 saturated heterocycles. The van der Waals surface area contributed by atoms with E-state index in [2.05, 4.69) is 20.8 Å². The van der Waals surface area contributed by atoms with Gasteiger partial charge in [-0.05, 0) is 48.5 Å². The lowest BCUT2D eigenvalue weighted by Crippen LogP contribution is -2.17. The molecule has 18 heavy (non-hydrogen) atoms. The molecule has 2 rings (SSSR count). The van der Waals surface area contributed by atoms with E-state index in [1.807, 2.05) is 20.0 Å². The van der Waals surface area contributed by atoms with Gasteiger partial charge in [0, 0.05) is 0 Å². The van der Waals surface area contributed by atoms with E-state index in [1.54, 1.807) is 17.7 Å². The summed E-state index contributed by atoms with van der Waals surface area (Å²) in [7, 11) is 1.83. The number of hydrogen-bond donors (Lipinski definition) is 1. The third kappa shape index (κ3) is 2.38. The molecule has 0 aliphatic heterocycles. The fourth-order valence-electron chi connectivity index (χ4n) is 1.80. The standard InChI is InChI=1S/C12H16FN5/c1-8-4-5-10(6-11(8)13)9(2)18-12(7-14-3)15-16-17-18/h4-6,9,14H,7H2,1-3H3. The summed E-state index contributed by atoms with van der Waals surface area (Å²) in [5.41, 5.74) is 1.49. The minimum Gasteiger partial charge on any atom is -0.313 e. The van der Waals surface area contributed by atoms with Crippen LogP contribution in [-0.2, 0) is 6.54 Å². The molecular weight excluding hydrogens is 233 g/mol. The molecule has 1 aromatic carbocycles. The van der Waals surface area contributed by atoms with Gasteiger partial charge in [0.25, 0.3) is 0 Å². The summed E-state index contributed by atoms with van der Waals surface area (Å²) in [6, 6.07) is 5.10. The Kier molecular flexibility index (Phi) is 3.66. The van der Waals surface area contributed by atoms with E-state index in [4.69, 9.17) is 0 Å². The number of tetrazole rings is 1. The molecular formula is C12H16FN5. The summed E-state index contributed by atoms with van der Waals surface area (Å²) in [4.78, 5) is 0. The van der Waals surface area contributed by atoms with Gasteiger partial charge >= 0.3 is 0 Å². The molecule has 0 amide bonds. The molecule has 0 radical (unpaired) electrons. The van der Waals surface area contributed by atoms with Crippen LogP contribution in [0.25, 0.3) is 0 Å². The first-order valence-electron chi connectivity index (χ1n) is 5.81. The van der Waals surface area contributed by atoms with Crippen LogP contribution in [0.15, 0.2) is 18.2 Å². The van der Waals surface area contributed by atoms with Crippen LogP contribution in [-0.4, -0.2) is 27.3 Å². The monoisotopic (exact) mass is 249 g/mol. The maximum absolute atomic E-state index is 13.6. The van der Waals surface area contributed by atoms with E-state index in [-0.39, 0.29) is 11.9 Å². The predicted molar refractivity (Wildman–Crippen MR) is 65.5 cm³/mol. The lowest BCUT2D eigenvalue weighted by Gasteiger charge is -2.14. The highest BCUT2D eigenvalue weighted by atomic mass is 19.1. The lowest BCUT2D eigenvalue weighted by atomic mass is 10.1. The highest BCUT2D eigenvalue weighted by Gasteiger charge is 2.15. The van der Waals surface area contributed by atoms with E-state index in [1.165, 1.54) is 6.07 Å². The summed E-state index contributed by atoms with van der Waals surface area (Å²) in [6.07, 6.45) is 0. The van der Waals surface area contributed by atoms with Crippen molar-refractivity contribution in [2.45, 2.75) is 26.4 Å². The minimum atomic E-state index is -0.206. The van der Waals surface area contributed by atoms with Gasteiger partial charge in [-0.25, -0.2) is 9.07 Å². The highest BCUT2D eigenvalue weighted by molar-refractivity contribution is 5.25. The highest BCUT2D eigenvalue weighted by Crippen LogP contribution is 2.20. The van der Waals surface area contributed by atoms with Crippen molar-refractivity contribution in [3.63, 3.8) is 0 Å². The first-order chi connectivity index (χ1) is 8.63. The second-order valence-electron chi connectivity index (χ2n) is 4.25. The fraction of sp³-hybridized carbons (Fsp3) is 0.417. The Bertz CT molecular complexity index is 537. The van der Waals surface area contributed by atoms with Crippen molar-refractivity contribution in [3.8, 4) is 0 Å². The number of nitrogens with one attached hydrogen (secondary N) is 1. The number of halogens is 1. The molecule has 1 atom stereocenters. The van der Waals surface area contributed by atoms with Crippen molar-refractivity contribution in [3.05, 3.63) is 41.0 Å². The van der Waals surface area contributed by atoms with Gasteiger partial charge in [0.05, 0.1) is 12.6 Å². The number of aryl methyl sites for hydroxylation is 1. The van der Waals surface area contributed by atoms with Crippen LogP contribution in [0.5, 0.6) is 0 Å². The van der Waals surface area contributed by atoms with Gasteiger partial charge in [-0.15, -0.1) is 5.10 Å². The van der Waals surface area contributed by atoms with Crippen molar-refractivity contribution in [1.82, 2.24) is 25.5 Å². The quantitative estimate of drug-likeness (QED) is 0.891. The van der Waals surface area contributed by atoms with Gasteiger partial charge in [0.2, 0.25) is 0 Å². The average Bonchev–Trinajstić information content (AvgIpc) is 2.80. The normalized spacial score (nSPS) is 12.7. The van der Waals surface area contributed by atoms with Crippen molar-refractivity contribution in [2.24, 2.45) is 0 Å². The zero-order valence-electron chi connectivity index (χ0n) is 10.7. The van der Waals surface area contributed by atoms with E-state index in [9.17, 15) is 4.39 Å². The Hall–Kier alpha value is -1.82. The molecule has 1 aromatic heterocycles. The SMILES string of the molecule is CNCc1nnnn1C(C)c1ccc(C)c(F)c1. The van der Waals surface area contributed by atoms with Gasteiger partial charge in [0.1, 0.15) is 5.82 Å². The van der Waals surface area contributed by atoms with Crippen molar-refractivity contribution in [1.29, 1.82) is 0 Å². The third-order valence-corrected chi connectivity index (χ3v) is 2.94. The Morgan fingerprint density at radius 1 is 1.44 bits per heavy atom. The lowest BCUT2D eigenvalue weighted by molar-refractivity contribution is 0.508. The van der Waals surface area contributed by atoms with Crippen molar-refractivity contribution >= 4 is 0 Å². The molecule has 0 spiro atoms. The van der Waals surface area contributed by atoms with E-state index >= 15 is 0 Å². The van der Waals surface area contributed by atoms with Crippen LogP contribution in [0, 0.1) is 12.7 Å². The molecule has 0 aliphatic carbocycles. The Balaban J connectivity index is 2.32. The second kappa shape index (κ2) is 5.22. The Morgan fingerprint density at radius 2 is 2.22 bits per heavy atom. The van der Waals surface area contributed by atoms with Gasteiger partial charge < -0.3 is 5.32 Å². The Morgan fingerprint density at radius 3 is 2.89 bits per heavy atom. The Labute approximate surface area is 105 Å². The van der Waals surface area contributed by atoms with Crippen molar-refractivity contribution in [2.75, 3.05) is 7.05 Å². The van der Waals surface area contributed by atoms with Gasteiger partial charge in [0.15, 0.2) is 5.82 Å². The molecule has 96 valence electrons. The van der Waals surface area contributed by atoms with Gasteiger partial charge in [-0.3, -0.25) is 0 Å². The number of hydrogen-bond acceptors (Lipinski definition) is 4. The molecule has 0 aliphatic rings. The maximum Gasteiger partial charge on any atom is 0.165 e. The topological polar surface area (TPSA) is 55.6 Å². The molecule has 5 nitrogen and oxygen atoms in total. The van der Waals surface area contributed by atoms with Crippen LogP contribution < -0.4 is 5.32 Å². The molecule has 1 N–H and O–H groups in total. The predicted octanol–water partition coefficient (Wildman–Crippen LogP) is 1.45. The molecule has 0 fully saturated rings. The molecule has 2 aromatic rings. The summed E-state index contributed by atoms with van der Waals surface area (Å²) in [6.45, 7) is 4.26. The van der Waals surface area contributed by atoms with Crippen LogP contribution in [0.1, 0.15) is 29.9 Å². The number of nitrogens with zero attached hydrogens (tertiary/aromatic N) is 4. The molecule has 1 unspecified atom stereocenters. The summed E-state index contributed by atoms with van der Waals surface area (Å²) in [5, 5.41) is 14.6. The van der Waals surface area contributed by atoms with Crippen molar-refractivity contribution < 1.29 is 4.39 Å². The summed E-state index contributed by atoms with van der Waals surface area (Å²) < 4.78 is 15.3. The van der Waals surface area contributed by atoms with Crippen LogP contribution in [0.3, 0.4) is 0 Å². The second-order valence-corrected chi connectivity index (χ2v) is 4.25. The van der Waals surface area contributed by atoms with Crippen LogP contribution in [0.2, 0.25) is 0 Å². The number of rotatable bonds is 4. The number of aromatic nitrogens is 4. The molecule has 6 heteroatoms. The maximum atomic E-state index is 13.6. The first-order valence-corrected chi connectivity index (χ1v) is 5.81. The minimum absolute atomic E-state index is 0.0987. The average molecular weight is 249 g/mol. The third-order valence-electron chi connectivity index (χ3n) is 2.94. The number of benzene rings is 1. The zero-order chi connectivity index (χ0) is 13.1. The zero-order valence-corrected chi connectivity index (χ0v) is 10.7. The van der Waals surface area contributed by atoms with Gasteiger partial charge in [-0.1, -0.05) is 12.1 Å². The molecule has 1 heterocycles. The van der Waals surface area contributed by atoms with Crippen LogP contribution in [0.4, 0.5) is 4.39 Å². The fourth-order valence-corrected chi connectivity index (χ4v) is 1.80. The first kappa shape index (κ1) is 12.6. The van der Waals surface area contributed by atoms with Crippen LogP contribution >= 0.6 is 0 Å². The largest absolute Gasteiger partial charge is 0.313 e. The van der Waals surface area contributed by atoms with Gasteiger partial charge in [-0.2, -0.15) is 0 Å². The van der Waals surface area contributed by atoms with E-state index in [0.29, 0.717) is 12.1 Å². The smallest absolute Gasteiger partial charge is 0.165 e. The molecule has 0 bridgehead atoms. The summed E-state index contributed by atoms with van der Waals surface area (Å²) in [5.74, 6) is 0.522.